The standard InChI is InChI=1S/C21H23FN2O4/c1-27-16-7-5-6-14(12-16)21(10-3-4-11-21)19(25)23-15-8-9-17(22)18(13-15)24-20(26)28-2/h5-9,12-13H,3-4,10-11H2,1-2H3,(H,23,25)(H,24,26). The first-order chi connectivity index (χ1) is 13.5. The number of halogens is 1. The largest absolute Gasteiger partial charge is 0.497 e. The molecule has 0 radical (unpaired) electrons. The maximum atomic E-state index is 13.9. The van der Waals surface area contributed by atoms with Crippen molar-refractivity contribution in [2.45, 2.75) is 31.1 Å². The molecular formula is C21H23FN2O4. The third-order valence-corrected chi connectivity index (χ3v) is 5.16. The van der Waals surface area contributed by atoms with Gasteiger partial charge in [0.15, 0.2) is 0 Å². The van der Waals surface area contributed by atoms with Crippen LogP contribution in [0.4, 0.5) is 20.6 Å². The fraction of sp³-hybridized carbons (Fsp3) is 0.333. The molecule has 6 nitrogen and oxygen atoms in total. The number of anilines is 2. The molecule has 0 aromatic heterocycles. The molecule has 2 N–H and O–H groups in total. The van der Waals surface area contributed by atoms with E-state index in [4.69, 9.17) is 4.74 Å². The summed E-state index contributed by atoms with van der Waals surface area (Å²) in [5.41, 5.74) is 0.564. The Morgan fingerprint density at radius 3 is 2.46 bits per heavy atom. The average molecular weight is 386 g/mol. The van der Waals surface area contributed by atoms with E-state index in [1.165, 1.54) is 25.3 Å². The van der Waals surface area contributed by atoms with E-state index in [9.17, 15) is 14.0 Å². The lowest BCUT2D eigenvalue weighted by atomic mass is 9.78. The summed E-state index contributed by atoms with van der Waals surface area (Å²) in [4.78, 5) is 24.6. The van der Waals surface area contributed by atoms with Gasteiger partial charge in [0.25, 0.3) is 0 Å². The molecule has 1 aliphatic carbocycles. The molecule has 0 atom stereocenters. The molecule has 148 valence electrons. The quantitative estimate of drug-likeness (QED) is 0.795. The van der Waals surface area contributed by atoms with Gasteiger partial charge in [0.05, 0.1) is 25.3 Å². The maximum absolute atomic E-state index is 13.9. The Labute approximate surface area is 163 Å². The predicted octanol–water partition coefficient (Wildman–Crippen LogP) is 4.46. The highest BCUT2D eigenvalue weighted by molar-refractivity contribution is 6.00. The number of benzene rings is 2. The van der Waals surface area contributed by atoms with Crippen molar-refractivity contribution in [3.63, 3.8) is 0 Å². The molecule has 0 heterocycles. The molecular weight excluding hydrogens is 363 g/mol. The Morgan fingerprint density at radius 1 is 1.04 bits per heavy atom. The molecule has 0 bridgehead atoms. The molecule has 3 rings (SSSR count). The number of nitrogens with one attached hydrogen (secondary N) is 2. The SMILES string of the molecule is COC(=O)Nc1cc(NC(=O)C2(c3cccc(OC)c3)CCCC2)ccc1F. The van der Waals surface area contributed by atoms with Crippen LogP contribution in [0.2, 0.25) is 0 Å². The van der Waals surface area contributed by atoms with Crippen LogP contribution in [0.5, 0.6) is 5.75 Å². The van der Waals surface area contributed by atoms with E-state index in [2.05, 4.69) is 15.4 Å². The van der Waals surface area contributed by atoms with E-state index in [1.807, 2.05) is 24.3 Å². The second-order valence-corrected chi connectivity index (χ2v) is 6.79. The van der Waals surface area contributed by atoms with Crippen molar-refractivity contribution in [1.82, 2.24) is 0 Å². The lowest BCUT2D eigenvalue weighted by Crippen LogP contribution is -2.38. The molecule has 1 aliphatic rings. The number of amides is 2. The number of carbonyl (C=O) groups excluding carboxylic acids is 2. The Morgan fingerprint density at radius 2 is 1.79 bits per heavy atom. The average Bonchev–Trinajstić information content (AvgIpc) is 3.21. The second kappa shape index (κ2) is 8.29. The van der Waals surface area contributed by atoms with Gasteiger partial charge in [-0.2, -0.15) is 0 Å². The highest BCUT2D eigenvalue weighted by Gasteiger charge is 2.43. The Hall–Kier alpha value is -3.09. The highest BCUT2D eigenvalue weighted by Crippen LogP contribution is 2.43. The third kappa shape index (κ3) is 3.93. The van der Waals surface area contributed by atoms with Crippen molar-refractivity contribution in [2.75, 3.05) is 24.9 Å². The molecule has 2 amide bonds. The Balaban J connectivity index is 1.87. The van der Waals surface area contributed by atoms with Gasteiger partial charge >= 0.3 is 6.09 Å². The van der Waals surface area contributed by atoms with Crippen LogP contribution in [0.25, 0.3) is 0 Å². The van der Waals surface area contributed by atoms with Gasteiger partial charge in [0.2, 0.25) is 5.91 Å². The van der Waals surface area contributed by atoms with Gasteiger partial charge in [-0.3, -0.25) is 10.1 Å². The van der Waals surface area contributed by atoms with Crippen LogP contribution in [0.3, 0.4) is 0 Å². The number of rotatable bonds is 5. The van der Waals surface area contributed by atoms with E-state index < -0.39 is 17.3 Å². The zero-order chi connectivity index (χ0) is 20.1. The first kappa shape index (κ1) is 19.7. The number of carbonyl (C=O) groups is 2. The zero-order valence-electron chi connectivity index (χ0n) is 15.9. The summed E-state index contributed by atoms with van der Waals surface area (Å²) < 4.78 is 23.7. The second-order valence-electron chi connectivity index (χ2n) is 6.79. The monoisotopic (exact) mass is 386 g/mol. The van der Waals surface area contributed by atoms with Gasteiger partial charge in [0.1, 0.15) is 11.6 Å². The number of methoxy groups -OCH3 is 2. The minimum Gasteiger partial charge on any atom is -0.497 e. The van der Waals surface area contributed by atoms with Crippen molar-refractivity contribution in [2.24, 2.45) is 0 Å². The number of hydrogen-bond donors (Lipinski definition) is 2. The van der Waals surface area contributed by atoms with Gasteiger partial charge in [-0.15, -0.1) is 0 Å². The van der Waals surface area contributed by atoms with Gasteiger partial charge < -0.3 is 14.8 Å². The van der Waals surface area contributed by atoms with E-state index in [0.29, 0.717) is 11.4 Å². The van der Waals surface area contributed by atoms with Crippen molar-refractivity contribution in [3.8, 4) is 5.75 Å². The van der Waals surface area contributed by atoms with Crippen LogP contribution in [-0.4, -0.2) is 26.2 Å². The van der Waals surface area contributed by atoms with Gasteiger partial charge in [-0.25, -0.2) is 9.18 Å². The number of ether oxygens (including phenoxy) is 2. The molecule has 0 aliphatic heterocycles. The fourth-order valence-corrected chi connectivity index (χ4v) is 3.66. The molecule has 1 fully saturated rings. The van der Waals surface area contributed by atoms with E-state index in [-0.39, 0.29) is 11.6 Å². The van der Waals surface area contributed by atoms with Gasteiger partial charge in [-0.1, -0.05) is 25.0 Å². The highest BCUT2D eigenvalue weighted by atomic mass is 19.1. The van der Waals surface area contributed by atoms with Crippen LogP contribution in [0, 0.1) is 5.82 Å². The van der Waals surface area contributed by atoms with Gasteiger partial charge in [0, 0.05) is 5.69 Å². The van der Waals surface area contributed by atoms with Crippen LogP contribution >= 0.6 is 0 Å². The van der Waals surface area contributed by atoms with E-state index in [0.717, 1.165) is 31.2 Å². The summed E-state index contributed by atoms with van der Waals surface area (Å²) in [6.45, 7) is 0. The van der Waals surface area contributed by atoms with Crippen molar-refractivity contribution >= 4 is 23.4 Å². The molecule has 0 spiro atoms. The molecule has 0 saturated heterocycles. The predicted molar refractivity (Wildman–Crippen MR) is 104 cm³/mol. The lowest BCUT2D eigenvalue weighted by Gasteiger charge is -2.28. The Kier molecular flexibility index (Phi) is 5.82. The summed E-state index contributed by atoms with van der Waals surface area (Å²) in [5.74, 6) is -0.0800. The summed E-state index contributed by atoms with van der Waals surface area (Å²) in [7, 11) is 2.78. The zero-order valence-corrected chi connectivity index (χ0v) is 15.9. The number of hydrogen-bond acceptors (Lipinski definition) is 4. The van der Waals surface area contributed by atoms with Gasteiger partial charge in [-0.05, 0) is 48.7 Å². The minimum absolute atomic E-state index is 0.0634. The normalized spacial score (nSPS) is 15.0. The molecule has 2 aromatic carbocycles. The van der Waals surface area contributed by atoms with E-state index >= 15 is 0 Å². The van der Waals surface area contributed by atoms with Crippen LogP contribution in [0.1, 0.15) is 31.2 Å². The summed E-state index contributed by atoms with van der Waals surface area (Å²) in [6.07, 6.45) is 2.55. The summed E-state index contributed by atoms with van der Waals surface area (Å²) >= 11 is 0. The third-order valence-electron chi connectivity index (χ3n) is 5.16. The Bertz CT molecular complexity index is 878. The van der Waals surface area contributed by atoms with Crippen molar-refractivity contribution < 1.29 is 23.5 Å². The molecule has 1 saturated carbocycles. The molecule has 0 unspecified atom stereocenters. The smallest absolute Gasteiger partial charge is 0.411 e. The first-order valence-electron chi connectivity index (χ1n) is 9.09. The fourth-order valence-electron chi connectivity index (χ4n) is 3.66. The van der Waals surface area contributed by atoms with Crippen LogP contribution in [0.15, 0.2) is 42.5 Å². The topological polar surface area (TPSA) is 76.7 Å². The van der Waals surface area contributed by atoms with Crippen molar-refractivity contribution in [1.29, 1.82) is 0 Å². The molecule has 28 heavy (non-hydrogen) atoms. The molecule has 2 aromatic rings. The van der Waals surface area contributed by atoms with Crippen LogP contribution in [-0.2, 0) is 14.9 Å². The maximum Gasteiger partial charge on any atom is 0.411 e. The first-order valence-corrected chi connectivity index (χ1v) is 9.09. The minimum atomic E-state index is -0.786. The summed E-state index contributed by atoms with van der Waals surface area (Å²) in [6, 6.07) is 11.6. The van der Waals surface area contributed by atoms with Crippen molar-refractivity contribution in [3.05, 3.63) is 53.8 Å². The van der Waals surface area contributed by atoms with Crippen LogP contribution < -0.4 is 15.4 Å². The molecule has 7 heteroatoms. The summed E-state index contributed by atoms with van der Waals surface area (Å²) in [5, 5.41) is 5.18. The lowest BCUT2D eigenvalue weighted by molar-refractivity contribution is -0.121. The van der Waals surface area contributed by atoms with E-state index in [1.54, 1.807) is 7.11 Å².